The molecular weight excluding hydrogens is 224 g/mol. The van der Waals surface area contributed by atoms with E-state index >= 15 is 0 Å². The molecule has 0 aliphatic heterocycles. The molecule has 2 unspecified atom stereocenters. The van der Waals surface area contributed by atoms with E-state index in [1.54, 1.807) is 0 Å². The molecule has 2 saturated carbocycles. The summed E-state index contributed by atoms with van der Waals surface area (Å²) < 4.78 is 0. The molecule has 0 saturated heterocycles. The van der Waals surface area contributed by atoms with Gasteiger partial charge in [0.05, 0.1) is 0 Å². The number of nitrogens with two attached hydrogens (primary N) is 4. The largest absolute Gasteiger partial charge is 0.330 e. The Bertz CT molecular complexity index is 276. The van der Waals surface area contributed by atoms with Crippen LogP contribution in [-0.4, -0.2) is 26.2 Å². The van der Waals surface area contributed by atoms with Crippen molar-refractivity contribution in [2.24, 2.45) is 45.1 Å². The third-order valence-corrected chi connectivity index (χ3v) is 5.49. The fourth-order valence-electron chi connectivity index (χ4n) is 5.15. The van der Waals surface area contributed by atoms with Gasteiger partial charge in [0, 0.05) is 0 Å². The first kappa shape index (κ1) is 14.3. The lowest BCUT2D eigenvalue weighted by Gasteiger charge is -2.60. The zero-order chi connectivity index (χ0) is 13.4. The van der Waals surface area contributed by atoms with Crippen LogP contribution in [-0.2, 0) is 0 Å². The predicted molar refractivity (Wildman–Crippen MR) is 75.8 cm³/mol. The van der Waals surface area contributed by atoms with Crippen LogP contribution in [0.3, 0.4) is 0 Å². The molecule has 2 aliphatic rings. The lowest BCUT2D eigenvalue weighted by atomic mass is 9.46. The molecule has 2 bridgehead atoms. The van der Waals surface area contributed by atoms with E-state index in [1.165, 1.54) is 6.42 Å². The topological polar surface area (TPSA) is 104 Å². The van der Waals surface area contributed by atoms with Crippen molar-refractivity contribution in [1.82, 2.24) is 0 Å². The van der Waals surface area contributed by atoms with Crippen molar-refractivity contribution in [1.29, 1.82) is 0 Å². The minimum Gasteiger partial charge on any atom is -0.330 e. The zero-order valence-corrected chi connectivity index (χ0v) is 11.8. The van der Waals surface area contributed by atoms with E-state index in [1.807, 2.05) is 0 Å². The highest BCUT2D eigenvalue weighted by atomic mass is 14.7. The van der Waals surface area contributed by atoms with E-state index in [0.717, 1.165) is 51.9 Å². The van der Waals surface area contributed by atoms with Crippen molar-refractivity contribution in [3.8, 4) is 0 Å². The Kier molecular flexibility index (Phi) is 3.76. The fourth-order valence-corrected chi connectivity index (χ4v) is 5.15. The molecule has 2 atom stereocenters. The number of hydrogen-bond acceptors (Lipinski definition) is 4. The van der Waals surface area contributed by atoms with Crippen LogP contribution in [0, 0.1) is 22.2 Å². The van der Waals surface area contributed by atoms with Crippen molar-refractivity contribution in [3.63, 3.8) is 0 Å². The number of hydrogen-bond donors (Lipinski definition) is 4. The molecule has 0 amide bonds. The fraction of sp³-hybridized carbons (Fsp3) is 1.00. The van der Waals surface area contributed by atoms with Crippen LogP contribution in [0.4, 0.5) is 0 Å². The van der Waals surface area contributed by atoms with Gasteiger partial charge in [-0.05, 0) is 80.4 Å². The molecule has 8 N–H and O–H groups in total. The Balaban J connectivity index is 2.33. The average molecular weight is 254 g/mol. The summed E-state index contributed by atoms with van der Waals surface area (Å²) in [5.74, 6) is 0.591. The van der Waals surface area contributed by atoms with Gasteiger partial charge < -0.3 is 22.9 Å². The van der Waals surface area contributed by atoms with Gasteiger partial charge in [-0.25, -0.2) is 0 Å². The van der Waals surface area contributed by atoms with E-state index in [4.69, 9.17) is 22.9 Å². The first-order valence-corrected chi connectivity index (χ1v) is 7.25. The molecule has 0 aromatic rings. The Hall–Kier alpha value is -0.160. The van der Waals surface area contributed by atoms with Crippen LogP contribution in [0.1, 0.15) is 39.0 Å². The molecule has 4 heteroatoms. The maximum Gasteiger partial charge on any atom is -0.00200 e. The summed E-state index contributed by atoms with van der Waals surface area (Å²) in [6.45, 7) is 5.32. The summed E-state index contributed by atoms with van der Waals surface area (Å²) in [5, 5.41) is 0. The minimum atomic E-state index is 0.205. The van der Waals surface area contributed by atoms with Gasteiger partial charge in [0.25, 0.3) is 0 Å². The van der Waals surface area contributed by atoms with E-state index in [0.29, 0.717) is 5.92 Å². The van der Waals surface area contributed by atoms with Gasteiger partial charge in [-0.2, -0.15) is 0 Å². The number of rotatable bonds is 4. The molecule has 106 valence electrons. The summed E-state index contributed by atoms with van der Waals surface area (Å²) in [5.41, 5.74) is 24.9. The van der Waals surface area contributed by atoms with E-state index < -0.39 is 0 Å². The summed E-state index contributed by atoms with van der Waals surface area (Å²) in [6.07, 6.45) is 5.80. The van der Waals surface area contributed by atoms with Gasteiger partial charge in [-0.15, -0.1) is 0 Å². The number of fused-ring (bicyclic) bond motifs is 2. The van der Waals surface area contributed by atoms with Gasteiger partial charge in [-0.3, -0.25) is 0 Å². The first-order chi connectivity index (χ1) is 8.44. The Morgan fingerprint density at radius 3 is 1.67 bits per heavy atom. The van der Waals surface area contributed by atoms with Gasteiger partial charge >= 0.3 is 0 Å². The van der Waals surface area contributed by atoms with E-state index in [2.05, 4.69) is 6.92 Å². The van der Waals surface area contributed by atoms with Crippen molar-refractivity contribution in [3.05, 3.63) is 0 Å². The molecule has 2 rings (SSSR count). The standard InChI is InChI=1S/C14H30N4/c1-12(8-16)5-13(9-17)2-11(4-15)3-14(6-12,7-13)10-18/h11H,2-10,15-18H2,1H3. The minimum absolute atomic E-state index is 0.205. The summed E-state index contributed by atoms with van der Waals surface area (Å²) in [4.78, 5) is 0. The van der Waals surface area contributed by atoms with E-state index in [9.17, 15) is 0 Å². The Labute approximate surface area is 111 Å². The molecule has 0 heterocycles. The second kappa shape index (κ2) is 4.75. The zero-order valence-electron chi connectivity index (χ0n) is 11.8. The Morgan fingerprint density at radius 2 is 1.33 bits per heavy atom. The molecule has 2 fully saturated rings. The van der Waals surface area contributed by atoms with Crippen molar-refractivity contribution >= 4 is 0 Å². The predicted octanol–water partition coefficient (Wildman–Crippen LogP) is 0.394. The highest BCUT2D eigenvalue weighted by molar-refractivity contribution is 5.07. The van der Waals surface area contributed by atoms with Crippen LogP contribution >= 0.6 is 0 Å². The molecule has 0 spiro atoms. The maximum atomic E-state index is 6.13. The van der Waals surface area contributed by atoms with Gasteiger partial charge in [0.2, 0.25) is 0 Å². The van der Waals surface area contributed by atoms with Crippen molar-refractivity contribution in [2.45, 2.75) is 39.0 Å². The van der Waals surface area contributed by atoms with Crippen LogP contribution in [0.25, 0.3) is 0 Å². The summed E-state index contributed by atoms with van der Waals surface area (Å²) in [7, 11) is 0. The van der Waals surface area contributed by atoms with Gasteiger partial charge in [0.1, 0.15) is 0 Å². The Morgan fingerprint density at radius 1 is 0.833 bits per heavy atom. The second-order valence-electron chi connectivity index (χ2n) is 7.46. The SMILES string of the molecule is CC1(CN)CC2(CN)CC(CN)CC(CN)(C1)C2. The maximum absolute atomic E-state index is 6.13. The molecule has 2 aliphatic carbocycles. The lowest BCUT2D eigenvalue weighted by molar-refractivity contribution is -0.0776. The third kappa shape index (κ3) is 2.31. The molecule has 0 aromatic carbocycles. The highest BCUT2D eigenvalue weighted by Crippen LogP contribution is 2.61. The summed E-state index contributed by atoms with van der Waals surface area (Å²) in [6, 6.07) is 0. The molecular formula is C14H30N4. The molecule has 0 aromatic heterocycles. The third-order valence-electron chi connectivity index (χ3n) is 5.49. The highest BCUT2D eigenvalue weighted by Gasteiger charge is 2.55. The van der Waals surface area contributed by atoms with Gasteiger partial charge in [-0.1, -0.05) is 6.92 Å². The van der Waals surface area contributed by atoms with Crippen LogP contribution in [0.15, 0.2) is 0 Å². The van der Waals surface area contributed by atoms with Crippen LogP contribution in [0.5, 0.6) is 0 Å². The molecule has 18 heavy (non-hydrogen) atoms. The van der Waals surface area contributed by atoms with Crippen LogP contribution < -0.4 is 22.9 Å². The van der Waals surface area contributed by atoms with Crippen molar-refractivity contribution in [2.75, 3.05) is 26.2 Å². The lowest BCUT2D eigenvalue weighted by Crippen LogP contribution is -2.57. The average Bonchev–Trinajstić information content (AvgIpc) is 2.37. The normalized spacial score (nSPS) is 48.2. The summed E-state index contributed by atoms with van der Waals surface area (Å²) >= 11 is 0. The molecule has 0 radical (unpaired) electrons. The smallest absolute Gasteiger partial charge is 0.00200 e. The monoisotopic (exact) mass is 254 g/mol. The first-order valence-electron chi connectivity index (χ1n) is 7.25. The van der Waals surface area contributed by atoms with E-state index in [-0.39, 0.29) is 16.2 Å². The second-order valence-corrected chi connectivity index (χ2v) is 7.46. The van der Waals surface area contributed by atoms with Gasteiger partial charge in [0.15, 0.2) is 0 Å². The quantitative estimate of drug-likeness (QED) is 0.582. The molecule has 4 nitrogen and oxygen atoms in total. The van der Waals surface area contributed by atoms with Crippen molar-refractivity contribution < 1.29 is 0 Å². The van der Waals surface area contributed by atoms with Crippen LogP contribution in [0.2, 0.25) is 0 Å².